The molecular weight excluding hydrogens is 637 g/mol. The zero-order valence-electron chi connectivity index (χ0n) is 29.0. The topological polar surface area (TPSA) is 0 Å². The fraction of sp³-hybridized carbons (Fsp3) is 0.0189. The van der Waals surface area contributed by atoms with Gasteiger partial charge in [0, 0.05) is 0 Å². The first-order valence-electron chi connectivity index (χ1n) is 18.6. The van der Waals surface area contributed by atoms with Crippen LogP contribution in [0.5, 0.6) is 0 Å². The smallest absolute Gasteiger partial charge is 0.0619 e. The van der Waals surface area contributed by atoms with E-state index in [0.717, 1.165) is 0 Å². The van der Waals surface area contributed by atoms with Crippen LogP contribution in [-0.2, 0) is 5.41 Å². The number of fused-ring (bicyclic) bond motifs is 16. The van der Waals surface area contributed by atoms with Crippen molar-refractivity contribution in [2.75, 3.05) is 0 Å². The summed E-state index contributed by atoms with van der Waals surface area (Å²) >= 11 is 0. The summed E-state index contributed by atoms with van der Waals surface area (Å²) in [4.78, 5) is 0. The van der Waals surface area contributed by atoms with Gasteiger partial charge in [0.2, 0.25) is 0 Å². The highest BCUT2D eigenvalue weighted by molar-refractivity contribution is 6.15. The van der Waals surface area contributed by atoms with E-state index in [4.69, 9.17) is 0 Å². The minimum atomic E-state index is -0.412. The second kappa shape index (κ2) is 10.6. The van der Waals surface area contributed by atoms with Crippen LogP contribution in [0.15, 0.2) is 194 Å². The van der Waals surface area contributed by atoms with Gasteiger partial charge < -0.3 is 0 Å². The van der Waals surface area contributed by atoms with Crippen LogP contribution in [0.25, 0.3) is 87.6 Å². The van der Waals surface area contributed by atoms with Gasteiger partial charge in [-0.3, -0.25) is 0 Å². The van der Waals surface area contributed by atoms with Gasteiger partial charge in [0.25, 0.3) is 0 Å². The van der Waals surface area contributed by atoms with E-state index in [0.29, 0.717) is 0 Å². The summed E-state index contributed by atoms with van der Waals surface area (Å²) < 4.78 is 0. The van der Waals surface area contributed by atoms with Crippen LogP contribution in [0.2, 0.25) is 0 Å². The molecule has 0 nitrogen and oxygen atoms in total. The molecule has 10 aromatic carbocycles. The third kappa shape index (κ3) is 3.80. The first-order chi connectivity index (χ1) is 26.3. The molecule has 244 valence electrons. The Morgan fingerprint density at radius 3 is 1.55 bits per heavy atom. The predicted molar refractivity (Wildman–Crippen MR) is 224 cm³/mol. The van der Waals surface area contributed by atoms with Crippen LogP contribution in [0.4, 0.5) is 0 Å². The van der Waals surface area contributed by atoms with Gasteiger partial charge in [-0.1, -0.05) is 170 Å². The third-order valence-corrected chi connectivity index (χ3v) is 12.2. The van der Waals surface area contributed by atoms with Gasteiger partial charge in [0.05, 0.1) is 5.41 Å². The van der Waals surface area contributed by atoms with Crippen molar-refractivity contribution in [3.63, 3.8) is 0 Å². The molecule has 0 amide bonds. The van der Waals surface area contributed by atoms with E-state index in [1.807, 2.05) is 0 Å². The highest BCUT2D eigenvalue weighted by Crippen LogP contribution is 2.64. The Hall–Kier alpha value is -6.76. The minimum absolute atomic E-state index is 0.412. The summed E-state index contributed by atoms with van der Waals surface area (Å²) in [6.07, 6.45) is 0. The maximum atomic E-state index is 2.48. The van der Waals surface area contributed by atoms with Gasteiger partial charge in [-0.05, 0) is 134 Å². The fourth-order valence-corrected chi connectivity index (χ4v) is 10.1. The van der Waals surface area contributed by atoms with Crippen molar-refractivity contribution < 1.29 is 0 Å². The molecule has 2 aliphatic carbocycles. The van der Waals surface area contributed by atoms with Gasteiger partial charge in [-0.25, -0.2) is 0 Å². The lowest BCUT2D eigenvalue weighted by atomic mass is 9.69. The molecule has 0 heterocycles. The maximum absolute atomic E-state index is 2.48. The lowest BCUT2D eigenvalue weighted by Crippen LogP contribution is -2.26. The maximum Gasteiger partial charge on any atom is 0.0731 e. The molecular formula is C53H32. The van der Waals surface area contributed by atoms with Gasteiger partial charge in [0.1, 0.15) is 0 Å². The Morgan fingerprint density at radius 2 is 0.792 bits per heavy atom. The molecule has 2 aliphatic rings. The molecule has 1 spiro atoms. The molecule has 0 radical (unpaired) electrons. The van der Waals surface area contributed by atoms with E-state index in [1.165, 1.54) is 110 Å². The first-order valence-corrected chi connectivity index (χ1v) is 18.6. The van der Waals surface area contributed by atoms with Crippen molar-refractivity contribution in [3.05, 3.63) is 216 Å². The normalized spacial score (nSPS) is 13.4. The van der Waals surface area contributed by atoms with Crippen LogP contribution in [0.3, 0.4) is 0 Å². The summed E-state index contributed by atoms with van der Waals surface area (Å²) in [5.74, 6) is 0. The van der Waals surface area contributed by atoms with Crippen molar-refractivity contribution in [1.29, 1.82) is 0 Å². The second-order valence-electron chi connectivity index (χ2n) is 14.7. The second-order valence-corrected chi connectivity index (χ2v) is 14.7. The van der Waals surface area contributed by atoms with Crippen molar-refractivity contribution in [3.8, 4) is 44.5 Å². The number of rotatable bonds is 2. The molecule has 0 fully saturated rings. The molecule has 10 aromatic rings. The quantitative estimate of drug-likeness (QED) is 0.161. The number of benzene rings is 10. The Labute approximate surface area is 308 Å². The molecule has 0 aliphatic heterocycles. The molecule has 0 heteroatoms. The van der Waals surface area contributed by atoms with Crippen LogP contribution in [0.1, 0.15) is 22.3 Å². The Morgan fingerprint density at radius 1 is 0.245 bits per heavy atom. The molecule has 0 unspecified atom stereocenters. The molecule has 0 bridgehead atoms. The molecule has 0 aromatic heterocycles. The Balaban J connectivity index is 1.13. The minimum Gasteiger partial charge on any atom is -0.0619 e. The number of hydrogen-bond acceptors (Lipinski definition) is 0. The molecule has 0 saturated heterocycles. The SMILES string of the molecule is c1ccc(-c2cc3ccccc3c3ccccc23)c(-c2ccc3c4c(ccc3c2)-c2cc3ccccc3cc2C42c3ccccc3-c3ccccc32)c1. The van der Waals surface area contributed by atoms with Crippen LogP contribution in [-0.4, -0.2) is 0 Å². The molecule has 0 atom stereocenters. The van der Waals surface area contributed by atoms with Gasteiger partial charge >= 0.3 is 0 Å². The van der Waals surface area contributed by atoms with Gasteiger partial charge in [-0.15, -0.1) is 0 Å². The lowest BCUT2D eigenvalue weighted by Gasteiger charge is -2.31. The highest BCUT2D eigenvalue weighted by Gasteiger charge is 2.52. The van der Waals surface area contributed by atoms with E-state index >= 15 is 0 Å². The largest absolute Gasteiger partial charge is 0.0731 e. The van der Waals surface area contributed by atoms with Gasteiger partial charge in [0.15, 0.2) is 0 Å². The third-order valence-electron chi connectivity index (χ3n) is 12.2. The zero-order valence-corrected chi connectivity index (χ0v) is 29.0. The van der Waals surface area contributed by atoms with E-state index < -0.39 is 5.41 Å². The molecule has 53 heavy (non-hydrogen) atoms. The summed E-state index contributed by atoms with van der Waals surface area (Å²) in [5, 5.41) is 10.3. The van der Waals surface area contributed by atoms with Crippen molar-refractivity contribution >= 4 is 43.1 Å². The van der Waals surface area contributed by atoms with E-state index in [-0.39, 0.29) is 0 Å². The summed E-state index contributed by atoms with van der Waals surface area (Å²) in [6.45, 7) is 0. The monoisotopic (exact) mass is 668 g/mol. The van der Waals surface area contributed by atoms with Crippen molar-refractivity contribution in [2.24, 2.45) is 0 Å². The average Bonchev–Trinajstić information content (AvgIpc) is 3.69. The van der Waals surface area contributed by atoms with Crippen LogP contribution >= 0.6 is 0 Å². The first kappa shape index (κ1) is 28.9. The predicted octanol–water partition coefficient (Wildman–Crippen LogP) is 14.0. The lowest BCUT2D eigenvalue weighted by molar-refractivity contribution is 0.802. The van der Waals surface area contributed by atoms with Crippen molar-refractivity contribution in [2.45, 2.75) is 5.41 Å². The summed E-state index contributed by atoms with van der Waals surface area (Å²) in [6, 6.07) is 72.9. The Bertz CT molecular complexity index is 3130. The van der Waals surface area contributed by atoms with Crippen LogP contribution in [0, 0.1) is 0 Å². The van der Waals surface area contributed by atoms with Crippen molar-refractivity contribution in [1.82, 2.24) is 0 Å². The Kier molecular flexibility index (Phi) is 5.80. The number of hydrogen-bond donors (Lipinski definition) is 0. The summed E-state index contributed by atoms with van der Waals surface area (Å²) in [7, 11) is 0. The molecule has 0 saturated carbocycles. The zero-order chi connectivity index (χ0) is 34.7. The highest BCUT2D eigenvalue weighted by atomic mass is 14.5. The molecule has 12 rings (SSSR count). The fourth-order valence-electron chi connectivity index (χ4n) is 10.1. The standard InChI is InChI=1S/C53H32/c1-2-14-34-32-51-48(30-33(34)13-1)46-28-26-37-29-36(25-27-40(37)52(46)53(51)49-23-11-9-21-44(49)45-22-10-12-24-50(45)53)39-17-5-6-19-42(39)47-31-35-15-3-4-16-38(35)41-18-7-8-20-43(41)47/h1-32H. The van der Waals surface area contributed by atoms with Crippen LogP contribution < -0.4 is 0 Å². The van der Waals surface area contributed by atoms with Gasteiger partial charge in [-0.2, -0.15) is 0 Å². The van der Waals surface area contributed by atoms with E-state index in [1.54, 1.807) is 0 Å². The summed E-state index contributed by atoms with van der Waals surface area (Å²) in [5.41, 5.74) is 15.5. The van der Waals surface area contributed by atoms with E-state index in [9.17, 15) is 0 Å². The van der Waals surface area contributed by atoms with E-state index in [2.05, 4.69) is 194 Å². The average molecular weight is 669 g/mol. The molecule has 0 N–H and O–H groups in total.